The van der Waals surface area contributed by atoms with Crippen LogP contribution in [-0.2, 0) is 4.74 Å². The standard InChI is InChI=1S/C22H27N3O5S/c1-13-9-18(15(3)25(13)14(2)11-27-4)19(26)12-31-22-24-23-21(30-22)17-8-7-16(28-5)10-20(17)29-6/h7-10,14H,11-12H2,1-6H3/t14-/m0/s1. The minimum atomic E-state index is 0.00995. The van der Waals surface area contributed by atoms with Crippen LogP contribution in [0.1, 0.15) is 34.7 Å². The minimum Gasteiger partial charge on any atom is -0.497 e. The zero-order valence-electron chi connectivity index (χ0n) is 18.6. The van der Waals surface area contributed by atoms with Gasteiger partial charge in [0.25, 0.3) is 11.1 Å². The van der Waals surface area contributed by atoms with E-state index >= 15 is 0 Å². The Hall–Kier alpha value is -2.78. The number of Topliss-reactive ketones (excluding diaryl/α,β-unsaturated/α-hetero) is 1. The number of hydrogen-bond acceptors (Lipinski definition) is 8. The highest BCUT2D eigenvalue weighted by atomic mass is 32.2. The van der Waals surface area contributed by atoms with Crippen LogP contribution < -0.4 is 9.47 Å². The van der Waals surface area contributed by atoms with Gasteiger partial charge in [-0.05, 0) is 39.0 Å². The van der Waals surface area contributed by atoms with Gasteiger partial charge in [-0.3, -0.25) is 4.79 Å². The lowest BCUT2D eigenvalue weighted by molar-refractivity contribution is 0.102. The van der Waals surface area contributed by atoms with E-state index in [1.54, 1.807) is 39.5 Å². The summed E-state index contributed by atoms with van der Waals surface area (Å²) in [5, 5.41) is 8.47. The van der Waals surface area contributed by atoms with Crippen LogP contribution in [0.3, 0.4) is 0 Å². The summed E-state index contributed by atoms with van der Waals surface area (Å²) in [6.45, 7) is 6.60. The summed E-state index contributed by atoms with van der Waals surface area (Å²) in [5.41, 5.74) is 3.32. The highest BCUT2D eigenvalue weighted by Gasteiger charge is 2.20. The van der Waals surface area contributed by atoms with E-state index in [1.807, 2.05) is 19.9 Å². The highest BCUT2D eigenvalue weighted by Crippen LogP contribution is 2.34. The number of benzene rings is 1. The van der Waals surface area contributed by atoms with Crippen LogP contribution in [0.2, 0.25) is 0 Å². The number of carbonyl (C=O) groups excluding carboxylic acids is 1. The first-order valence-corrected chi connectivity index (χ1v) is 10.8. The van der Waals surface area contributed by atoms with Gasteiger partial charge in [0, 0.05) is 30.1 Å². The van der Waals surface area contributed by atoms with Crippen LogP contribution in [-0.4, -0.2) is 54.2 Å². The Labute approximate surface area is 185 Å². The highest BCUT2D eigenvalue weighted by molar-refractivity contribution is 7.99. The van der Waals surface area contributed by atoms with Crippen molar-refractivity contribution < 1.29 is 23.4 Å². The van der Waals surface area contributed by atoms with Crippen molar-refractivity contribution in [3.05, 3.63) is 41.2 Å². The lowest BCUT2D eigenvalue weighted by atomic mass is 10.2. The van der Waals surface area contributed by atoms with Crippen molar-refractivity contribution in [2.75, 3.05) is 33.7 Å². The van der Waals surface area contributed by atoms with E-state index in [0.29, 0.717) is 40.3 Å². The molecular formula is C22H27N3O5S. The van der Waals surface area contributed by atoms with Gasteiger partial charge in [-0.1, -0.05) is 11.8 Å². The Kier molecular flexibility index (Phi) is 7.40. The summed E-state index contributed by atoms with van der Waals surface area (Å²) in [5.74, 6) is 1.76. The molecule has 0 aliphatic rings. The number of nitrogens with zero attached hydrogens (tertiary/aromatic N) is 3. The SMILES string of the molecule is COC[C@H](C)n1c(C)cc(C(=O)CSc2nnc(-c3ccc(OC)cc3OC)o2)c1C. The largest absolute Gasteiger partial charge is 0.497 e. The van der Waals surface area contributed by atoms with Crippen LogP contribution in [0.15, 0.2) is 33.9 Å². The van der Waals surface area contributed by atoms with Gasteiger partial charge in [0.15, 0.2) is 5.78 Å². The number of ketones is 1. The topological polar surface area (TPSA) is 88.6 Å². The average Bonchev–Trinajstić information content (AvgIpc) is 3.35. The smallest absolute Gasteiger partial charge is 0.277 e. The quantitative estimate of drug-likeness (QED) is 0.336. The molecular weight excluding hydrogens is 418 g/mol. The third-order valence-electron chi connectivity index (χ3n) is 5.01. The van der Waals surface area contributed by atoms with Crippen LogP contribution in [0.4, 0.5) is 0 Å². The Morgan fingerprint density at radius 2 is 1.94 bits per heavy atom. The fraction of sp³-hybridized carbons (Fsp3) is 0.409. The maximum Gasteiger partial charge on any atom is 0.277 e. The molecule has 2 aromatic heterocycles. The fourth-order valence-electron chi connectivity index (χ4n) is 3.61. The molecule has 9 heteroatoms. The molecule has 0 saturated heterocycles. The van der Waals surface area contributed by atoms with E-state index in [2.05, 4.69) is 21.7 Å². The van der Waals surface area contributed by atoms with Crippen LogP contribution >= 0.6 is 11.8 Å². The first-order chi connectivity index (χ1) is 14.9. The second kappa shape index (κ2) is 10.0. The van der Waals surface area contributed by atoms with E-state index in [4.69, 9.17) is 18.6 Å². The van der Waals surface area contributed by atoms with E-state index in [1.165, 1.54) is 11.8 Å². The number of carbonyl (C=O) groups is 1. The van der Waals surface area contributed by atoms with Crippen molar-refractivity contribution in [3.8, 4) is 23.0 Å². The first kappa shape index (κ1) is 22.9. The van der Waals surface area contributed by atoms with Gasteiger partial charge in [-0.25, -0.2) is 0 Å². The lowest BCUT2D eigenvalue weighted by Crippen LogP contribution is -2.14. The van der Waals surface area contributed by atoms with Crippen molar-refractivity contribution >= 4 is 17.5 Å². The monoisotopic (exact) mass is 445 g/mol. The Balaban J connectivity index is 1.72. The molecule has 2 heterocycles. The minimum absolute atomic E-state index is 0.00995. The van der Waals surface area contributed by atoms with Crippen molar-refractivity contribution in [2.24, 2.45) is 0 Å². The number of rotatable bonds is 10. The zero-order chi connectivity index (χ0) is 22.5. The van der Waals surface area contributed by atoms with E-state index in [0.717, 1.165) is 11.4 Å². The Morgan fingerprint density at radius 1 is 1.16 bits per heavy atom. The molecule has 0 saturated carbocycles. The molecule has 0 bridgehead atoms. The van der Waals surface area contributed by atoms with Gasteiger partial charge in [-0.15, -0.1) is 10.2 Å². The number of aryl methyl sites for hydroxylation is 1. The first-order valence-electron chi connectivity index (χ1n) is 9.78. The maximum absolute atomic E-state index is 12.8. The van der Waals surface area contributed by atoms with Crippen molar-refractivity contribution in [1.82, 2.24) is 14.8 Å². The molecule has 1 aromatic carbocycles. The molecule has 0 amide bonds. The van der Waals surface area contributed by atoms with Gasteiger partial charge in [0.05, 0.1) is 38.2 Å². The van der Waals surface area contributed by atoms with E-state index in [-0.39, 0.29) is 17.6 Å². The number of methoxy groups -OCH3 is 3. The lowest BCUT2D eigenvalue weighted by Gasteiger charge is -2.17. The normalized spacial score (nSPS) is 12.1. The molecule has 0 N–H and O–H groups in total. The number of hydrogen-bond donors (Lipinski definition) is 0. The molecule has 0 unspecified atom stereocenters. The molecule has 3 aromatic rings. The van der Waals surface area contributed by atoms with Gasteiger partial charge in [-0.2, -0.15) is 0 Å². The average molecular weight is 446 g/mol. The molecule has 0 aliphatic heterocycles. The predicted molar refractivity (Wildman–Crippen MR) is 118 cm³/mol. The molecule has 8 nitrogen and oxygen atoms in total. The summed E-state index contributed by atoms with van der Waals surface area (Å²) in [7, 11) is 4.82. The van der Waals surface area contributed by atoms with Crippen LogP contribution in [0, 0.1) is 13.8 Å². The summed E-state index contributed by atoms with van der Waals surface area (Å²) in [6.07, 6.45) is 0. The molecule has 3 rings (SSSR count). The second-order valence-electron chi connectivity index (χ2n) is 7.11. The summed E-state index contributed by atoms with van der Waals surface area (Å²) in [6, 6.07) is 7.40. The maximum atomic E-state index is 12.8. The molecule has 31 heavy (non-hydrogen) atoms. The molecule has 166 valence electrons. The number of ether oxygens (including phenoxy) is 3. The van der Waals surface area contributed by atoms with Crippen molar-refractivity contribution in [1.29, 1.82) is 0 Å². The van der Waals surface area contributed by atoms with Gasteiger partial charge in [0.1, 0.15) is 11.5 Å². The van der Waals surface area contributed by atoms with Crippen molar-refractivity contribution in [2.45, 2.75) is 32.0 Å². The predicted octanol–water partition coefficient (Wildman–Crippen LogP) is 4.35. The van der Waals surface area contributed by atoms with Crippen LogP contribution in [0.5, 0.6) is 11.5 Å². The number of thioether (sulfide) groups is 1. The Bertz CT molecular complexity index is 1060. The zero-order valence-corrected chi connectivity index (χ0v) is 19.4. The molecule has 0 aliphatic carbocycles. The molecule has 0 fully saturated rings. The van der Waals surface area contributed by atoms with Crippen molar-refractivity contribution in [3.63, 3.8) is 0 Å². The van der Waals surface area contributed by atoms with Gasteiger partial charge < -0.3 is 23.2 Å². The van der Waals surface area contributed by atoms with E-state index in [9.17, 15) is 4.79 Å². The summed E-state index contributed by atoms with van der Waals surface area (Å²) in [4.78, 5) is 12.8. The van der Waals surface area contributed by atoms with Gasteiger partial charge in [0.2, 0.25) is 0 Å². The third kappa shape index (κ3) is 4.94. The summed E-state index contributed by atoms with van der Waals surface area (Å²) < 4.78 is 23.7. The third-order valence-corrected chi connectivity index (χ3v) is 5.82. The van der Waals surface area contributed by atoms with E-state index < -0.39 is 0 Å². The van der Waals surface area contributed by atoms with Crippen LogP contribution in [0.25, 0.3) is 11.5 Å². The van der Waals surface area contributed by atoms with Gasteiger partial charge >= 0.3 is 0 Å². The molecule has 1 atom stereocenters. The molecule has 0 spiro atoms. The number of aromatic nitrogens is 3. The fourth-order valence-corrected chi connectivity index (χ4v) is 4.26. The molecule has 0 radical (unpaired) electrons. The second-order valence-corrected chi connectivity index (χ2v) is 8.04. The Morgan fingerprint density at radius 3 is 2.61 bits per heavy atom. The summed E-state index contributed by atoms with van der Waals surface area (Å²) >= 11 is 1.21.